The van der Waals surface area contributed by atoms with Crippen LogP contribution in [0.15, 0.2) is 10.9 Å². The molecule has 2 nitrogen and oxygen atoms in total. The van der Waals surface area contributed by atoms with Gasteiger partial charge in [-0.25, -0.2) is 4.98 Å². The Kier molecular flexibility index (Phi) is 7.43. The van der Waals surface area contributed by atoms with Gasteiger partial charge < -0.3 is 5.11 Å². The predicted octanol–water partition coefficient (Wildman–Crippen LogP) is 4.32. The van der Waals surface area contributed by atoms with E-state index in [1.165, 1.54) is 38.5 Å². The molecule has 16 heavy (non-hydrogen) atoms. The molecule has 1 atom stereocenters. The summed E-state index contributed by atoms with van der Waals surface area (Å²) in [7, 11) is 0. The summed E-state index contributed by atoms with van der Waals surface area (Å²) in [5.41, 5.74) is 2.62. The van der Waals surface area contributed by atoms with Crippen LogP contribution in [-0.2, 0) is 0 Å². The molecule has 0 saturated carbocycles. The van der Waals surface area contributed by atoms with Crippen molar-refractivity contribution in [2.45, 2.75) is 64.4 Å². The summed E-state index contributed by atoms with van der Waals surface area (Å²) in [6, 6.07) is 0. The third-order valence-corrected chi connectivity index (χ3v) is 3.48. The lowest BCUT2D eigenvalue weighted by molar-refractivity contribution is 0.159. The highest BCUT2D eigenvalue weighted by Crippen LogP contribution is 2.19. The second kappa shape index (κ2) is 8.71. The first-order chi connectivity index (χ1) is 7.84. The average Bonchev–Trinajstić information content (AvgIpc) is 2.81. The van der Waals surface area contributed by atoms with Gasteiger partial charge in [-0.3, -0.25) is 0 Å². The van der Waals surface area contributed by atoms with Crippen molar-refractivity contribution in [2.24, 2.45) is 0 Å². The molecule has 1 aromatic rings. The van der Waals surface area contributed by atoms with Crippen LogP contribution < -0.4 is 0 Å². The summed E-state index contributed by atoms with van der Waals surface area (Å²) in [5, 5.41) is 11.7. The molecule has 3 heteroatoms. The number of rotatable bonds is 9. The van der Waals surface area contributed by atoms with Gasteiger partial charge in [0, 0.05) is 5.38 Å². The van der Waals surface area contributed by atoms with E-state index in [1.807, 2.05) is 5.38 Å². The maximum atomic E-state index is 9.79. The fourth-order valence-electron chi connectivity index (χ4n) is 1.83. The van der Waals surface area contributed by atoms with Crippen LogP contribution in [0.3, 0.4) is 0 Å². The summed E-state index contributed by atoms with van der Waals surface area (Å²) in [5.74, 6) is 0. The third kappa shape index (κ3) is 5.61. The van der Waals surface area contributed by atoms with Gasteiger partial charge in [0.25, 0.3) is 0 Å². The van der Waals surface area contributed by atoms with Crippen LogP contribution in [0.5, 0.6) is 0 Å². The van der Waals surface area contributed by atoms with Crippen molar-refractivity contribution in [3.05, 3.63) is 16.6 Å². The third-order valence-electron chi connectivity index (χ3n) is 2.87. The van der Waals surface area contributed by atoms with Gasteiger partial charge >= 0.3 is 0 Å². The summed E-state index contributed by atoms with van der Waals surface area (Å²) in [6.07, 6.45) is 9.56. The van der Waals surface area contributed by atoms with Gasteiger partial charge in [0.2, 0.25) is 0 Å². The van der Waals surface area contributed by atoms with Gasteiger partial charge in [-0.1, -0.05) is 51.9 Å². The molecule has 0 aromatic carbocycles. The Bertz CT molecular complexity index is 248. The molecule has 0 spiro atoms. The van der Waals surface area contributed by atoms with E-state index in [1.54, 1.807) is 16.8 Å². The fourth-order valence-corrected chi connectivity index (χ4v) is 2.43. The van der Waals surface area contributed by atoms with Gasteiger partial charge in [0.05, 0.1) is 17.3 Å². The number of hydrogen-bond acceptors (Lipinski definition) is 3. The van der Waals surface area contributed by atoms with Crippen LogP contribution in [-0.4, -0.2) is 10.1 Å². The Hall–Kier alpha value is -0.410. The number of hydrogen-bond donors (Lipinski definition) is 1. The van der Waals surface area contributed by atoms with Crippen molar-refractivity contribution in [3.8, 4) is 0 Å². The fraction of sp³-hybridized carbons (Fsp3) is 0.769. The number of thiazole rings is 1. The molecule has 0 fully saturated rings. The Labute approximate surface area is 103 Å². The molecule has 0 aliphatic rings. The monoisotopic (exact) mass is 241 g/mol. The average molecular weight is 241 g/mol. The second-order valence-electron chi connectivity index (χ2n) is 4.34. The zero-order valence-corrected chi connectivity index (χ0v) is 11.0. The first kappa shape index (κ1) is 13.7. The zero-order chi connectivity index (χ0) is 11.6. The lowest BCUT2D eigenvalue weighted by Gasteiger charge is -2.07. The van der Waals surface area contributed by atoms with Crippen molar-refractivity contribution in [3.63, 3.8) is 0 Å². The van der Waals surface area contributed by atoms with E-state index in [2.05, 4.69) is 11.9 Å². The molecule has 0 amide bonds. The number of aromatic nitrogens is 1. The van der Waals surface area contributed by atoms with Crippen LogP contribution in [0, 0.1) is 0 Å². The topological polar surface area (TPSA) is 33.1 Å². The predicted molar refractivity (Wildman–Crippen MR) is 69.7 cm³/mol. The molecule has 1 unspecified atom stereocenters. The van der Waals surface area contributed by atoms with Crippen molar-refractivity contribution in [1.82, 2.24) is 4.98 Å². The second-order valence-corrected chi connectivity index (χ2v) is 5.06. The first-order valence-corrected chi connectivity index (χ1v) is 7.35. The largest absolute Gasteiger partial charge is 0.387 e. The quantitative estimate of drug-likeness (QED) is 0.653. The number of unbranched alkanes of at least 4 members (excludes halogenated alkanes) is 6. The Morgan fingerprint density at radius 3 is 2.50 bits per heavy atom. The maximum Gasteiger partial charge on any atom is 0.0968 e. The van der Waals surface area contributed by atoms with E-state index >= 15 is 0 Å². The van der Waals surface area contributed by atoms with E-state index in [9.17, 15) is 5.11 Å². The summed E-state index contributed by atoms with van der Waals surface area (Å²) in [4.78, 5) is 4.12. The van der Waals surface area contributed by atoms with E-state index in [4.69, 9.17) is 0 Å². The molecule has 0 radical (unpaired) electrons. The van der Waals surface area contributed by atoms with Crippen LogP contribution >= 0.6 is 11.3 Å². The van der Waals surface area contributed by atoms with Crippen molar-refractivity contribution in [2.75, 3.05) is 0 Å². The minimum atomic E-state index is -0.345. The smallest absolute Gasteiger partial charge is 0.0968 e. The van der Waals surface area contributed by atoms with E-state index in [-0.39, 0.29) is 6.10 Å². The summed E-state index contributed by atoms with van der Waals surface area (Å²) >= 11 is 1.55. The highest BCUT2D eigenvalue weighted by molar-refractivity contribution is 7.07. The SMILES string of the molecule is CCCCCCCCCC(O)c1cscn1. The lowest BCUT2D eigenvalue weighted by atomic mass is 10.1. The summed E-state index contributed by atoms with van der Waals surface area (Å²) in [6.45, 7) is 2.24. The highest BCUT2D eigenvalue weighted by atomic mass is 32.1. The summed E-state index contributed by atoms with van der Waals surface area (Å²) < 4.78 is 0. The molecule has 1 aromatic heterocycles. The molecular weight excluding hydrogens is 218 g/mol. The van der Waals surface area contributed by atoms with Crippen LogP contribution in [0.4, 0.5) is 0 Å². The van der Waals surface area contributed by atoms with Crippen molar-refractivity contribution < 1.29 is 5.11 Å². The molecule has 1 N–H and O–H groups in total. The first-order valence-electron chi connectivity index (χ1n) is 6.40. The van der Waals surface area contributed by atoms with Gasteiger partial charge in [-0.2, -0.15) is 0 Å². The molecule has 0 saturated heterocycles. The van der Waals surface area contributed by atoms with Gasteiger partial charge in [-0.05, 0) is 6.42 Å². The molecule has 1 heterocycles. The molecule has 0 bridgehead atoms. The lowest BCUT2D eigenvalue weighted by Crippen LogP contribution is -1.97. The van der Waals surface area contributed by atoms with Crippen LogP contribution in [0.2, 0.25) is 0 Å². The van der Waals surface area contributed by atoms with Gasteiger partial charge in [-0.15, -0.1) is 11.3 Å². The molecule has 0 aliphatic heterocycles. The molecule has 1 rings (SSSR count). The standard InChI is InChI=1S/C13H23NOS/c1-2-3-4-5-6-7-8-9-13(15)12-10-16-11-14-12/h10-11,13,15H,2-9H2,1H3. The minimum Gasteiger partial charge on any atom is -0.387 e. The zero-order valence-electron chi connectivity index (χ0n) is 10.2. The van der Waals surface area contributed by atoms with E-state index in [0.29, 0.717) is 0 Å². The van der Waals surface area contributed by atoms with E-state index < -0.39 is 0 Å². The number of aliphatic hydroxyl groups excluding tert-OH is 1. The van der Waals surface area contributed by atoms with Crippen LogP contribution in [0.1, 0.15) is 70.1 Å². The Balaban J connectivity index is 1.95. The molecular formula is C13H23NOS. The maximum absolute atomic E-state index is 9.79. The van der Waals surface area contributed by atoms with Gasteiger partial charge in [0.15, 0.2) is 0 Å². The number of aliphatic hydroxyl groups is 1. The van der Waals surface area contributed by atoms with E-state index in [0.717, 1.165) is 18.5 Å². The molecule has 92 valence electrons. The Morgan fingerprint density at radius 2 is 1.88 bits per heavy atom. The highest BCUT2D eigenvalue weighted by Gasteiger charge is 2.08. The molecule has 0 aliphatic carbocycles. The Morgan fingerprint density at radius 1 is 1.19 bits per heavy atom. The van der Waals surface area contributed by atoms with Gasteiger partial charge in [0.1, 0.15) is 0 Å². The van der Waals surface area contributed by atoms with Crippen molar-refractivity contribution >= 4 is 11.3 Å². The number of nitrogens with zero attached hydrogens (tertiary/aromatic N) is 1. The van der Waals surface area contributed by atoms with Crippen molar-refractivity contribution in [1.29, 1.82) is 0 Å². The minimum absolute atomic E-state index is 0.345. The van der Waals surface area contributed by atoms with Crippen LogP contribution in [0.25, 0.3) is 0 Å². The normalized spacial score (nSPS) is 12.9.